The molecule has 1 amide bonds. The normalized spacial score (nSPS) is 18.4. The van der Waals surface area contributed by atoms with Crippen LogP contribution in [0.5, 0.6) is 0 Å². The maximum absolute atomic E-state index is 11.4. The van der Waals surface area contributed by atoms with Crippen LogP contribution < -0.4 is 0 Å². The Morgan fingerprint density at radius 3 is 2.57 bits per heavy atom. The van der Waals surface area contributed by atoms with Gasteiger partial charge in [0.25, 0.3) is 0 Å². The number of likely N-dealkylation sites (tertiary alicyclic amines) is 1. The lowest BCUT2D eigenvalue weighted by molar-refractivity contribution is 0.00714. The summed E-state index contributed by atoms with van der Waals surface area (Å²) in [7, 11) is 0. The number of carbonyl (C=O) groups excluding carboxylic acids is 1. The summed E-state index contributed by atoms with van der Waals surface area (Å²) in [4.78, 5) is 13.0. The molecule has 1 rings (SSSR count). The zero-order valence-electron chi connectivity index (χ0n) is 8.73. The molecule has 1 saturated heterocycles. The van der Waals surface area contributed by atoms with Crippen molar-refractivity contribution in [3.05, 3.63) is 0 Å². The Labute approximate surface area is 83.3 Å². The molecule has 80 valence electrons. The first-order chi connectivity index (χ1) is 6.42. The summed E-state index contributed by atoms with van der Waals surface area (Å²) in [5.74, 6) is 0.160. The third-order valence-electron chi connectivity index (χ3n) is 1.84. The van der Waals surface area contributed by atoms with Gasteiger partial charge in [-0.15, -0.1) is 5.16 Å². The minimum absolute atomic E-state index is 0.160. The highest BCUT2D eigenvalue weighted by Gasteiger charge is 2.32. The van der Waals surface area contributed by atoms with Crippen LogP contribution in [0.4, 0.5) is 4.79 Å². The topological polar surface area (TPSA) is 62.1 Å². The molecule has 0 radical (unpaired) electrons. The first-order valence-corrected chi connectivity index (χ1v) is 4.58. The fraction of sp³-hybridized carbons (Fsp3) is 0.778. The van der Waals surface area contributed by atoms with Gasteiger partial charge in [0.1, 0.15) is 5.60 Å². The van der Waals surface area contributed by atoms with E-state index >= 15 is 0 Å². The first-order valence-electron chi connectivity index (χ1n) is 4.58. The van der Waals surface area contributed by atoms with Gasteiger partial charge < -0.3 is 14.8 Å². The van der Waals surface area contributed by atoms with Crippen molar-refractivity contribution >= 4 is 12.3 Å². The molecule has 14 heavy (non-hydrogen) atoms. The van der Waals surface area contributed by atoms with Crippen LogP contribution in [0.3, 0.4) is 0 Å². The van der Waals surface area contributed by atoms with Crippen molar-refractivity contribution in [1.29, 1.82) is 0 Å². The van der Waals surface area contributed by atoms with Gasteiger partial charge in [0.05, 0.1) is 6.21 Å². The van der Waals surface area contributed by atoms with Crippen LogP contribution in [-0.2, 0) is 4.74 Å². The number of carbonyl (C=O) groups is 1. The zero-order chi connectivity index (χ0) is 10.8. The van der Waals surface area contributed by atoms with Crippen LogP contribution in [0.25, 0.3) is 0 Å². The van der Waals surface area contributed by atoms with Gasteiger partial charge in [0, 0.05) is 19.0 Å². The summed E-state index contributed by atoms with van der Waals surface area (Å²) in [5, 5.41) is 11.2. The molecule has 0 atom stereocenters. The summed E-state index contributed by atoms with van der Waals surface area (Å²) in [6, 6.07) is 0. The van der Waals surface area contributed by atoms with Crippen molar-refractivity contribution in [2.24, 2.45) is 11.1 Å². The van der Waals surface area contributed by atoms with Crippen molar-refractivity contribution in [2.45, 2.75) is 26.4 Å². The minimum Gasteiger partial charge on any atom is -0.444 e. The molecule has 0 aliphatic carbocycles. The molecule has 0 aromatic carbocycles. The Kier molecular flexibility index (Phi) is 2.98. The fourth-order valence-electron chi connectivity index (χ4n) is 1.18. The lowest BCUT2D eigenvalue weighted by Crippen LogP contribution is -2.52. The quantitative estimate of drug-likeness (QED) is 0.394. The first kappa shape index (κ1) is 10.8. The van der Waals surface area contributed by atoms with Gasteiger partial charge in [-0.3, -0.25) is 0 Å². The Bertz CT molecular complexity index is 239. The second kappa shape index (κ2) is 3.86. The Morgan fingerprint density at radius 2 is 2.14 bits per heavy atom. The third kappa shape index (κ3) is 2.90. The molecule has 1 heterocycles. The molecule has 0 spiro atoms. The summed E-state index contributed by atoms with van der Waals surface area (Å²) in [6.45, 7) is 6.63. The van der Waals surface area contributed by atoms with Crippen molar-refractivity contribution in [3.8, 4) is 0 Å². The van der Waals surface area contributed by atoms with Gasteiger partial charge in [0.15, 0.2) is 0 Å². The second-order valence-electron chi connectivity index (χ2n) is 4.41. The molecule has 5 heteroatoms. The number of hydrogen-bond donors (Lipinski definition) is 1. The maximum Gasteiger partial charge on any atom is 0.410 e. The molecular weight excluding hydrogens is 184 g/mol. The zero-order valence-corrected chi connectivity index (χ0v) is 8.73. The molecule has 1 N–H and O–H groups in total. The van der Waals surface area contributed by atoms with Gasteiger partial charge in [-0.1, -0.05) is 0 Å². The van der Waals surface area contributed by atoms with E-state index in [1.54, 1.807) is 4.90 Å². The van der Waals surface area contributed by atoms with Gasteiger partial charge in [-0.2, -0.15) is 0 Å². The van der Waals surface area contributed by atoms with Crippen molar-refractivity contribution < 1.29 is 14.7 Å². The van der Waals surface area contributed by atoms with Gasteiger partial charge >= 0.3 is 6.09 Å². The summed E-state index contributed by atoms with van der Waals surface area (Å²) in [5.41, 5.74) is -0.451. The molecular formula is C9H16N2O3. The summed E-state index contributed by atoms with van der Waals surface area (Å²) in [6.07, 6.45) is 1.13. The molecule has 0 aromatic rings. The Morgan fingerprint density at radius 1 is 1.57 bits per heavy atom. The minimum atomic E-state index is -0.451. The van der Waals surface area contributed by atoms with E-state index in [0.717, 1.165) is 0 Å². The molecule has 0 bridgehead atoms. The molecule has 1 aliphatic rings. The highest BCUT2D eigenvalue weighted by molar-refractivity contribution is 5.72. The summed E-state index contributed by atoms with van der Waals surface area (Å²) < 4.78 is 5.15. The summed E-state index contributed by atoms with van der Waals surface area (Å²) >= 11 is 0. The van der Waals surface area contributed by atoms with Crippen molar-refractivity contribution in [2.75, 3.05) is 13.1 Å². The standard InChI is InChI=1S/C9H16N2O3/c1-9(2,3)14-8(12)11-5-7(6-11)4-10-13/h4,7,13H,5-6H2,1-3H3/b10-4-. The Balaban J connectivity index is 2.30. The molecule has 0 unspecified atom stereocenters. The van der Waals surface area contributed by atoms with Crippen LogP contribution in [0.2, 0.25) is 0 Å². The highest BCUT2D eigenvalue weighted by Crippen LogP contribution is 2.17. The van der Waals surface area contributed by atoms with E-state index in [1.165, 1.54) is 6.21 Å². The lowest BCUT2D eigenvalue weighted by Gasteiger charge is -2.37. The van der Waals surface area contributed by atoms with E-state index in [9.17, 15) is 4.79 Å². The largest absolute Gasteiger partial charge is 0.444 e. The van der Waals surface area contributed by atoms with Crippen LogP contribution in [-0.4, -0.2) is 41.1 Å². The maximum atomic E-state index is 11.4. The number of oxime groups is 1. The van der Waals surface area contributed by atoms with E-state index in [2.05, 4.69) is 5.16 Å². The smallest absolute Gasteiger partial charge is 0.410 e. The van der Waals surface area contributed by atoms with E-state index in [1.807, 2.05) is 20.8 Å². The van der Waals surface area contributed by atoms with Gasteiger partial charge in [0.2, 0.25) is 0 Å². The molecule has 0 saturated carbocycles. The molecule has 1 aliphatic heterocycles. The highest BCUT2D eigenvalue weighted by atomic mass is 16.6. The van der Waals surface area contributed by atoms with E-state index < -0.39 is 5.60 Å². The Hall–Kier alpha value is -1.26. The van der Waals surface area contributed by atoms with E-state index in [4.69, 9.17) is 9.94 Å². The second-order valence-corrected chi connectivity index (χ2v) is 4.41. The van der Waals surface area contributed by atoms with E-state index in [-0.39, 0.29) is 12.0 Å². The van der Waals surface area contributed by atoms with E-state index in [0.29, 0.717) is 13.1 Å². The average Bonchev–Trinajstić information content (AvgIpc) is 1.91. The molecule has 5 nitrogen and oxygen atoms in total. The van der Waals surface area contributed by atoms with Crippen LogP contribution in [0.1, 0.15) is 20.8 Å². The average molecular weight is 200 g/mol. The lowest BCUT2D eigenvalue weighted by atomic mass is 10.0. The van der Waals surface area contributed by atoms with Crippen molar-refractivity contribution in [1.82, 2.24) is 4.90 Å². The predicted molar refractivity (Wildman–Crippen MR) is 51.6 cm³/mol. The number of nitrogens with zero attached hydrogens (tertiary/aromatic N) is 2. The molecule has 1 fully saturated rings. The van der Waals surface area contributed by atoms with Crippen LogP contribution >= 0.6 is 0 Å². The number of ether oxygens (including phenoxy) is 1. The third-order valence-corrected chi connectivity index (χ3v) is 1.84. The number of rotatable bonds is 1. The van der Waals surface area contributed by atoms with Crippen LogP contribution in [0.15, 0.2) is 5.16 Å². The number of amides is 1. The van der Waals surface area contributed by atoms with Gasteiger partial charge in [-0.05, 0) is 20.8 Å². The van der Waals surface area contributed by atoms with Gasteiger partial charge in [-0.25, -0.2) is 4.79 Å². The monoisotopic (exact) mass is 200 g/mol. The van der Waals surface area contributed by atoms with Crippen molar-refractivity contribution in [3.63, 3.8) is 0 Å². The fourth-order valence-corrected chi connectivity index (χ4v) is 1.18. The predicted octanol–water partition coefficient (Wildman–Crippen LogP) is 1.31. The molecule has 0 aromatic heterocycles. The number of hydrogen-bond acceptors (Lipinski definition) is 4. The SMILES string of the molecule is CC(C)(C)OC(=O)N1CC(/C=N\O)C1. The van der Waals surface area contributed by atoms with Crippen LogP contribution in [0, 0.1) is 5.92 Å².